The first-order chi connectivity index (χ1) is 5.84. The first-order valence-electron chi connectivity index (χ1n) is 3.41. The molecule has 1 aromatic heterocycles. The molecule has 0 amide bonds. The van der Waals surface area contributed by atoms with Crippen molar-refractivity contribution in [2.75, 3.05) is 0 Å². The summed E-state index contributed by atoms with van der Waals surface area (Å²) in [6.45, 7) is 0. The molecule has 0 saturated carbocycles. The van der Waals surface area contributed by atoms with Crippen LogP contribution in [0.2, 0.25) is 0 Å². The second-order valence-corrected chi connectivity index (χ2v) is 2.04. The van der Waals surface area contributed by atoms with E-state index in [4.69, 9.17) is 5.11 Å². The van der Waals surface area contributed by atoms with Gasteiger partial charge in [0.15, 0.2) is 5.69 Å². The number of aromatic hydroxyl groups is 1. The zero-order valence-electron chi connectivity index (χ0n) is 6.32. The van der Waals surface area contributed by atoms with Gasteiger partial charge in [-0.05, 0) is 18.1 Å². The summed E-state index contributed by atoms with van der Waals surface area (Å²) in [6, 6.07) is 3.11. The Balaban J connectivity index is 2.84. The lowest BCUT2D eigenvalue weighted by molar-refractivity contribution is -0.107. The number of aromatic nitrogens is 1. The van der Waals surface area contributed by atoms with E-state index in [0.29, 0.717) is 12.0 Å². The highest BCUT2D eigenvalue weighted by Gasteiger charge is 1.93. The largest absolute Gasteiger partial charge is 0.505 e. The third-order valence-electron chi connectivity index (χ3n) is 1.18. The van der Waals surface area contributed by atoms with E-state index in [1.807, 2.05) is 0 Å². The fourth-order valence-electron chi connectivity index (χ4n) is 0.670. The number of pyridine rings is 1. The van der Waals surface area contributed by atoms with Crippen LogP contribution in [0.4, 0.5) is 0 Å². The SMILES string of the molecule is O=CCC#Cc1ncccc1O. The Morgan fingerprint density at radius 1 is 1.67 bits per heavy atom. The van der Waals surface area contributed by atoms with Gasteiger partial charge in [-0.3, -0.25) is 0 Å². The zero-order chi connectivity index (χ0) is 8.81. The minimum atomic E-state index is 0.0379. The molecule has 0 bridgehead atoms. The average molecular weight is 161 g/mol. The second-order valence-electron chi connectivity index (χ2n) is 2.04. The molecule has 1 aromatic rings. The van der Waals surface area contributed by atoms with Crippen LogP contribution in [0.3, 0.4) is 0 Å². The molecule has 0 aliphatic heterocycles. The van der Waals surface area contributed by atoms with Crippen LogP contribution in [-0.2, 0) is 4.79 Å². The van der Waals surface area contributed by atoms with Crippen LogP contribution < -0.4 is 0 Å². The van der Waals surface area contributed by atoms with Crippen LogP contribution >= 0.6 is 0 Å². The van der Waals surface area contributed by atoms with E-state index in [0.717, 1.165) is 0 Å². The molecule has 0 saturated heterocycles. The van der Waals surface area contributed by atoms with Crippen molar-refractivity contribution in [2.24, 2.45) is 0 Å². The Bertz CT molecular complexity index is 336. The van der Waals surface area contributed by atoms with Gasteiger partial charge in [-0.2, -0.15) is 0 Å². The minimum absolute atomic E-state index is 0.0379. The maximum atomic E-state index is 9.89. The number of carbonyl (C=O) groups excluding carboxylic acids is 1. The van der Waals surface area contributed by atoms with Gasteiger partial charge >= 0.3 is 0 Å². The Hall–Kier alpha value is -1.82. The van der Waals surface area contributed by atoms with Gasteiger partial charge in [0.25, 0.3) is 0 Å². The van der Waals surface area contributed by atoms with Crippen LogP contribution in [0.1, 0.15) is 12.1 Å². The molecule has 0 unspecified atom stereocenters. The van der Waals surface area contributed by atoms with Crippen molar-refractivity contribution in [3.05, 3.63) is 24.0 Å². The van der Waals surface area contributed by atoms with Crippen LogP contribution in [0.25, 0.3) is 0 Å². The molecule has 3 heteroatoms. The smallest absolute Gasteiger partial charge is 0.154 e. The fourth-order valence-corrected chi connectivity index (χ4v) is 0.670. The van der Waals surface area contributed by atoms with Gasteiger partial charge in [-0.1, -0.05) is 5.92 Å². The molecule has 1 N–H and O–H groups in total. The second kappa shape index (κ2) is 4.14. The highest BCUT2D eigenvalue weighted by Crippen LogP contribution is 2.10. The van der Waals surface area contributed by atoms with Crippen molar-refractivity contribution in [1.29, 1.82) is 0 Å². The summed E-state index contributed by atoms with van der Waals surface area (Å²) < 4.78 is 0. The van der Waals surface area contributed by atoms with E-state index in [-0.39, 0.29) is 12.2 Å². The van der Waals surface area contributed by atoms with Crippen molar-refractivity contribution in [1.82, 2.24) is 4.98 Å². The Labute approximate surface area is 70.1 Å². The van der Waals surface area contributed by atoms with E-state index < -0.39 is 0 Å². The molecule has 1 heterocycles. The summed E-state index contributed by atoms with van der Waals surface area (Å²) in [6.07, 6.45) is 2.40. The number of nitrogens with zero attached hydrogens (tertiary/aromatic N) is 1. The molecule has 0 aliphatic carbocycles. The zero-order valence-corrected chi connectivity index (χ0v) is 6.32. The summed E-state index contributed by atoms with van der Waals surface area (Å²) in [7, 11) is 0. The first-order valence-corrected chi connectivity index (χ1v) is 3.41. The summed E-state index contributed by atoms with van der Waals surface area (Å²) in [4.78, 5) is 13.7. The van der Waals surface area contributed by atoms with Crippen LogP contribution in [-0.4, -0.2) is 16.4 Å². The molecule has 0 aromatic carbocycles. The van der Waals surface area contributed by atoms with E-state index >= 15 is 0 Å². The van der Waals surface area contributed by atoms with Gasteiger partial charge < -0.3 is 9.90 Å². The number of aldehydes is 1. The Morgan fingerprint density at radius 2 is 2.50 bits per heavy atom. The summed E-state index contributed by atoms with van der Waals surface area (Å²) in [5, 5.41) is 9.16. The van der Waals surface area contributed by atoms with Crippen molar-refractivity contribution in [3.63, 3.8) is 0 Å². The molecular formula is C9H7NO2. The number of rotatable bonds is 1. The highest BCUT2D eigenvalue weighted by atomic mass is 16.3. The fraction of sp³-hybridized carbons (Fsp3) is 0.111. The van der Waals surface area contributed by atoms with E-state index in [9.17, 15) is 4.79 Å². The van der Waals surface area contributed by atoms with Crippen LogP contribution in [0.5, 0.6) is 5.75 Å². The van der Waals surface area contributed by atoms with Crippen LogP contribution in [0.15, 0.2) is 18.3 Å². The normalized spacial score (nSPS) is 8.33. The molecule has 0 spiro atoms. The van der Waals surface area contributed by atoms with Crippen molar-refractivity contribution in [2.45, 2.75) is 6.42 Å². The maximum absolute atomic E-state index is 9.89. The van der Waals surface area contributed by atoms with Crippen molar-refractivity contribution in [3.8, 4) is 17.6 Å². The van der Waals surface area contributed by atoms with Gasteiger partial charge in [-0.25, -0.2) is 4.98 Å². The summed E-state index contributed by atoms with van der Waals surface area (Å²) in [5.74, 6) is 5.16. The third kappa shape index (κ3) is 2.10. The van der Waals surface area contributed by atoms with E-state index in [2.05, 4.69) is 16.8 Å². The Morgan fingerprint density at radius 3 is 3.17 bits per heavy atom. The monoisotopic (exact) mass is 161 g/mol. The van der Waals surface area contributed by atoms with Gasteiger partial charge in [0.05, 0.1) is 6.42 Å². The van der Waals surface area contributed by atoms with Gasteiger partial charge in [0.2, 0.25) is 0 Å². The standard InChI is InChI=1S/C9H7NO2/c11-7-2-1-4-8-9(12)5-3-6-10-8/h3,5-7,12H,2H2. The lowest BCUT2D eigenvalue weighted by Gasteiger charge is -1.91. The molecular weight excluding hydrogens is 154 g/mol. The predicted molar refractivity (Wildman–Crippen MR) is 43.5 cm³/mol. The lowest BCUT2D eigenvalue weighted by atomic mass is 10.3. The first kappa shape index (κ1) is 8.28. The van der Waals surface area contributed by atoms with E-state index in [1.54, 1.807) is 6.07 Å². The van der Waals surface area contributed by atoms with Gasteiger partial charge in [0, 0.05) is 6.20 Å². The number of hydrogen-bond acceptors (Lipinski definition) is 3. The van der Waals surface area contributed by atoms with Gasteiger partial charge in [-0.15, -0.1) is 0 Å². The maximum Gasteiger partial charge on any atom is 0.154 e. The molecule has 0 radical (unpaired) electrons. The quantitative estimate of drug-likeness (QED) is 0.488. The minimum Gasteiger partial charge on any atom is -0.505 e. The molecule has 60 valence electrons. The molecule has 0 fully saturated rings. The van der Waals surface area contributed by atoms with Crippen molar-refractivity contribution >= 4 is 6.29 Å². The molecule has 3 nitrogen and oxygen atoms in total. The molecule has 0 atom stereocenters. The lowest BCUT2D eigenvalue weighted by Crippen LogP contribution is -1.81. The third-order valence-corrected chi connectivity index (χ3v) is 1.18. The van der Waals surface area contributed by atoms with Gasteiger partial charge in [0.1, 0.15) is 12.0 Å². The summed E-state index contributed by atoms with van der Waals surface area (Å²) >= 11 is 0. The van der Waals surface area contributed by atoms with E-state index in [1.165, 1.54) is 12.3 Å². The van der Waals surface area contributed by atoms with Crippen LogP contribution in [0, 0.1) is 11.8 Å². The average Bonchev–Trinajstić information content (AvgIpc) is 2.09. The highest BCUT2D eigenvalue weighted by molar-refractivity contribution is 5.55. The topological polar surface area (TPSA) is 50.2 Å². The molecule has 0 aliphatic rings. The molecule has 1 rings (SSSR count). The number of hydrogen-bond donors (Lipinski definition) is 1. The molecule has 12 heavy (non-hydrogen) atoms. The predicted octanol–water partition coefficient (Wildman–Crippen LogP) is 0.728. The number of carbonyl (C=O) groups is 1. The summed E-state index contributed by atoms with van der Waals surface area (Å²) in [5.41, 5.74) is 0.305. The van der Waals surface area contributed by atoms with Crippen molar-refractivity contribution < 1.29 is 9.90 Å². The Kier molecular flexibility index (Phi) is 2.86.